The van der Waals surface area contributed by atoms with Gasteiger partial charge in [0, 0.05) is 18.8 Å². The molecule has 0 radical (unpaired) electrons. The number of imidazole rings is 1. The van der Waals surface area contributed by atoms with Crippen LogP contribution in [0.1, 0.15) is 38.6 Å². The molecule has 0 bridgehead atoms. The lowest BCUT2D eigenvalue weighted by Crippen LogP contribution is -2.33. The molecule has 1 atom stereocenters. The van der Waals surface area contributed by atoms with E-state index >= 15 is 0 Å². The summed E-state index contributed by atoms with van der Waals surface area (Å²) in [5, 5.41) is 5.98. The number of carbonyl (C=O) groups is 1. The molecule has 7 heteroatoms. The van der Waals surface area contributed by atoms with Crippen molar-refractivity contribution in [3.8, 4) is 0 Å². The lowest BCUT2D eigenvalue weighted by Gasteiger charge is -2.27. The molecule has 2 rings (SSSR count). The van der Waals surface area contributed by atoms with Crippen molar-refractivity contribution in [2.45, 2.75) is 39.3 Å². The summed E-state index contributed by atoms with van der Waals surface area (Å²) in [7, 11) is 0. The number of nitrogens with one attached hydrogen (secondary N) is 2. The second-order valence-corrected chi connectivity index (χ2v) is 5.57. The molecule has 1 saturated heterocycles. The van der Waals surface area contributed by atoms with Gasteiger partial charge in [-0.1, -0.05) is 6.92 Å². The van der Waals surface area contributed by atoms with Crippen LogP contribution in [-0.4, -0.2) is 28.5 Å². The normalized spacial score (nSPS) is 17.9. The first-order valence-electron chi connectivity index (χ1n) is 7.35. The highest BCUT2D eigenvalue weighted by atomic mass is 19.3. The molecule has 0 aromatic carbocycles. The Hall–Kier alpha value is -1.50. The Morgan fingerprint density at radius 1 is 1.52 bits per heavy atom. The maximum absolute atomic E-state index is 12.6. The van der Waals surface area contributed by atoms with Crippen LogP contribution in [0.2, 0.25) is 0 Å². The highest BCUT2D eigenvalue weighted by molar-refractivity contribution is 5.76. The van der Waals surface area contributed by atoms with Crippen molar-refractivity contribution in [2.75, 3.05) is 13.1 Å². The van der Waals surface area contributed by atoms with Crippen LogP contribution in [0.15, 0.2) is 12.4 Å². The van der Waals surface area contributed by atoms with E-state index in [-0.39, 0.29) is 18.3 Å². The van der Waals surface area contributed by atoms with Gasteiger partial charge >= 0.3 is 6.55 Å². The van der Waals surface area contributed by atoms with Gasteiger partial charge in [-0.3, -0.25) is 9.36 Å². The van der Waals surface area contributed by atoms with E-state index in [1.807, 2.05) is 0 Å². The van der Waals surface area contributed by atoms with Gasteiger partial charge in [-0.2, -0.15) is 8.78 Å². The quantitative estimate of drug-likeness (QED) is 0.844. The number of amides is 1. The summed E-state index contributed by atoms with van der Waals surface area (Å²) >= 11 is 0. The topological polar surface area (TPSA) is 59.0 Å². The molecular formula is C14H22F2N4O. The molecule has 21 heavy (non-hydrogen) atoms. The number of alkyl halides is 2. The first kappa shape index (κ1) is 15.9. The van der Waals surface area contributed by atoms with Gasteiger partial charge < -0.3 is 10.6 Å². The lowest BCUT2D eigenvalue weighted by molar-refractivity contribution is -0.122. The predicted octanol–water partition coefficient (Wildman–Crippen LogP) is 1.92. The third-order valence-corrected chi connectivity index (χ3v) is 4.10. The molecule has 0 spiro atoms. The zero-order valence-corrected chi connectivity index (χ0v) is 12.2. The predicted molar refractivity (Wildman–Crippen MR) is 74.7 cm³/mol. The van der Waals surface area contributed by atoms with E-state index in [4.69, 9.17) is 0 Å². The number of aromatic nitrogens is 2. The highest BCUT2D eigenvalue weighted by Crippen LogP contribution is 2.24. The smallest absolute Gasteiger partial charge is 0.319 e. The summed E-state index contributed by atoms with van der Waals surface area (Å²) in [6.45, 7) is 1.49. The van der Waals surface area contributed by atoms with E-state index in [1.165, 1.54) is 12.4 Å². The van der Waals surface area contributed by atoms with Crippen LogP contribution in [0.25, 0.3) is 0 Å². The maximum atomic E-state index is 12.6. The van der Waals surface area contributed by atoms with Gasteiger partial charge in [0.2, 0.25) is 5.91 Å². The van der Waals surface area contributed by atoms with Crippen molar-refractivity contribution in [1.29, 1.82) is 0 Å². The number of carbonyl (C=O) groups excluding carboxylic acids is 1. The van der Waals surface area contributed by atoms with Gasteiger partial charge in [-0.05, 0) is 37.8 Å². The minimum Gasteiger partial charge on any atom is -0.349 e. The number of halogens is 2. The van der Waals surface area contributed by atoms with E-state index in [2.05, 4.69) is 22.5 Å². The minimum absolute atomic E-state index is 0.0368. The molecule has 1 aliphatic rings. The van der Waals surface area contributed by atoms with Crippen LogP contribution in [0.3, 0.4) is 0 Å². The molecule has 1 amide bonds. The largest absolute Gasteiger partial charge is 0.349 e. The van der Waals surface area contributed by atoms with Crippen molar-refractivity contribution in [1.82, 2.24) is 20.2 Å². The first-order chi connectivity index (χ1) is 10.1. The van der Waals surface area contributed by atoms with Crippen LogP contribution in [-0.2, 0) is 11.3 Å². The van der Waals surface area contributed by atoms with E-state index in [0.717, 1.165) is 30.5 Å². The fourth-order valence-corrected chi connectivity index (χ4v) is 2.78. The Bertz CT molecular complexity index is 458. The average Bonchev–Trinajstić information content (AvgIpc) is 2.94. The van der Waals surface area contributed by atoms with Crippen molar-refractivity contribution in [3.63, 3.8) is 0 Å². The monoisotopic (exact) mass is 300 g/mol. The van der Waals surface area contributed by atoms with Gasteiger partial charge in [-0.15, -0.1) is 0 Å². The summed E-state index contributed by atoms with van der Waals surface area (Å²) in [6.07, 6.45) is 5.13. The molecule has 2 heterocycles. The number of hydrogen-bond donors (Lipinski definition) is 2. The zero-order chi connectivity index (χ0) is 15.2. The lowest BCUT2D eigenvalue weighted by atomic mass is 9.84. The number of nitrogens with zero attached hydrogens (tertiary/aromatic N) is 2. The number of rotatable bonds is 6. The van der Waals surface area contributed by atoms with Gasteiger partial charge in [0.15, 0.2) is 0 Å². The zero-order valence-electron chi connectivity index (χ0n) is 12.2. The fraction of sp³-hybridized carbons (Fsp3) is 0.714. The van der Waals surface area contributed by atoms with Crippen molar-refractivity contribution < 1.29 is 13.6 Å². The Morgan fingerprint density at radius 2 is 2.24 bits per heavy atom. The third kappa shape index (κ3) is 4.49. The van der Waals surface area contributed by atoms with Gasteiger partial charge in [0.25, 0.3) is 0 Å². The molecule has 0 saturated carbocycles. The van der Waals surface area contributed by atoms with Crippen molar-refractivity contribution in [3.05, 3.63) is 18.2 Å². The molecule has 1 aromatic heterocycles. The van der Waals surface area contributed by atoms with Gasteiger partial charge in [0.05, 0.1) is 6.54 Å². The summed E-state index contributed by atoms with van der Waals surface area (Å²) in [4.78, 5) is 15.8. The molecule has 1 unspecified atom stereocenters. The summed E-state index contributed by atoms with van der Waals surface area (Å²) < 4.78 is 26.0. The van der Waals surface area contributed by atoms with E-state index in [1.54, 1.807) is 0 Å². The molecule has 1 aromatic rings. The summed E-state index contributed by atoms with van der Waals surface area (Å²) in [5.74, 6) is 0.930. The highest BCUT2D eigenvalue weighted by Gasteiger charge is 2.22. The van der Waals surface area contributed by atoms with Crippen LogP contribution < -0.4 is 10.6 Å². The van der Waals surface area contributed by atoms with Crippen LogP contribution in [0, 0.1) is 11.8 Å². The van der Waals surface area contributed by atoms with Crippen LogP contribution in [0.4, 0.5) is 8.78 Å². The third-order valence-electron chi connectivity index (χ3n) is 4.10. The van der Waals surface area contributed by atoms with Crippen molar-refractivity contribution in [2.24, 2.45) is 11.8 Å². The van der Waals surface area contributed by atoms with Gasteiger partial charge in [-0.25, -0.2) is 4.98 Å². The fourth-order valence-electron chi connectivity index (χ4n) is 2.78. The Labute approximate surface area is 123 Å². The van der Waals surface area contributed by atoms with Crippen LogP contribution in [0.5, 0.6) is 0 Å². The Kier molecular flexibility index (Phi) is 5.67. The molecular weight excluding hydrogens is 278 g/mol. The maximum Gasteiger partial charge on any atom is 0.319 e. The molecule has 1 aliphatic heterocycles. The molecule has 5 nitrogen and oxygen atoms in total. The van der Waals surface area contributed by atoms with E-state index in [0.29, 0.717) is 18.3 Å². The van der Waals surface area contributed by atoms with Gasteiger partial charge in [0.1, 0.15) is 5.82 Å². The molecule has 2 N–H and O–H groups in total. The average molecular weight is 300 g/mol. The van der Waals surface area contributed by atoms with Crippen molar-refractivity contribution >= 4 is 5.91 Å². The minimum atomic E-state index is -2.63. The molecule has 1 fully saturated rings. The number of piperidine rings is 1. The first-order valence-corrected chi connectivity index (χ1v) is 7.35. The second-order valence-electron chi connectivity index (χ2n) is 5.57. The van der Waals surface area contributed by atoms with E-state index < -0.39 is 6.55 Å². The standard InChI is InChI=1S/C14H22F2N4O/c1-10(11-2-4-17-5-3-11)8-13(21)19-9-12-18-6-7-20(12)14(15)16/h6-7,10-11,14,17H,2-5,8-9H2,1H3,(H,19,21). The SMILES string of the molecule is CC(CC(=O)NCc1nccn1C(F)F)C1CCNCC1. The Morgan fingerprint density at radius 3 is 2.90 bits per heavy atom. The summed E-state index contributed by atoms with van der Waals surface area (Å²) in [6, 6.07) is 0. The van der Waals surface area contributed by atoms with Crippen LogP contribution >= 0.6 is 0 Å². The molecule has 0 aliphatic carbocycles. The van der Waals surface area contributed by atoms with E-state index in [9.17, 15) is 13.6 Å². The number of hydrogen-bond acceptors (Lipinski definition) is 3. The summed E-state index contributed by atoms with van der Waals surface area (Å²) in [5.41, 5.74) is 0. The Balaban J connectivity index is 1.77. The second kappa shape index (κ2) is 7.49. The molecule has 118 valence electrons.